The number of rotatable bonds is 3. The van der Waals surface area contributed by atoms with E-state index in [1.165, 1.54) is 0 Å². The van der Waals surface area contributed by atoms with E-state index in [0.29, 0.717) is 0 Å². The normalized spacial score (nSPS) is 11.2. The third kappa shape index (κ3) is 2.59. The van der Waals surface area contributed by atoms with Crippen LogP contribution in [0.5, 0.6) is 0 Å². The van der Waals surface area contributed by atoms with Crippen LogP contribution in [0.2, 0.25) is 5.02 Å². The second-order valence-corrected chi connectivity index (χ2v) is 3.60. The van der Waals surface area contributed by atoms with Crippen LogP contribution < -0.4 is 0 Å². The predicted molar refractivity (Wildman–Crippen MR) is 56.4 cm³/mol. The highest BCUT2D eigenvalue weighted by molar-refractivity contribution is 6.35. The monoisotopic (exact) mass is 315 g/mol. The van der Waals surface area contributed by atoms with E-state index in [2.05, 4.69) is 0 Å². The van der Waals surface area contributed by atoms with Gasteiger partial charge in [0.1, 0.15) is 0 Å². The Morgan fingerprint density at radius 1 is 0.950 bits per heavy atom. The fraction of sp³-hybridized carbons (Fsp3) is 0.143. The van der Waals surface area contributed by atoms with Crippen molar-refractivity contribution in [3.05, 3.63) is 47.0 Å². The minimum Gasteiger partial charge on any atom is -0.258 e. The Kier molecular flexibility index (Phi) is 3.80. The lowest BCUT2D eigenvalue weighted by Crippen LogP contribution is -2.13. The lowest BCUT2D eigenvalue weighted by atomic mass is 10.1. The summed E-state index contributed by atoms with van der Waals surface area (Å²) < 4.78 is 38.1. The zero-order chi connectivity index (χ0) is 15.8. The van der Waals surface area contributed by atoms with Crippen LogP contribution in [0.1, 0.15) is 5.56 Å². The molecule has 0 aliphatic heterocycles. The van der Waals surface area contributed by atoms with Crippen LogP contribution in [0.25, 0.3) is 0 Å². The Balaban J connectivity index is 3.99. The van der Waals surface area contributed by atoms with Crippen molar-refractivity contribution in [2.45, 2.75) is 6.18 Å². The van der Waals surface area contributed by atoms with Crippen molar-refractivity contribution in [1.29, 1.82) is 0 Å². The van der Waals surface area contributed by atoms with Crippen molar-refractivity contribution in [1.82, 2.24) is 0 Å². The maximum atomic E-state index is 12.7. The van der Waals surface area contributed by atoms with E-state index in [0.717, 1.165) is 0 Å². The first-order valence-corrected chi connectivity index (χ1v) is 4.73. The lowest BCUT2D eigenvalue weighted by Gasteiger charge is -2.09. The summed E-state index contributed by atoms with van der Waals surface area (Å²) >= 11 is 5.18. The van der Waals surface area contributed by atoms with Crippen LogP contribution in [-0.4, -0.2) is 14.8 Å². The van der Waals surface area contributed by atoms with Gasteiger partial charge in [0.05, 0.1) is 20.8 Å². The van der Waals surface area contributed by atoms with Crippen molar-refractivity contribution in [2.24, 2.45) is 0 Å². The van der Waals surface area contributed by atoms with Gasteiger partial charge in [-0.05, 0) is 0 Å². The molecule has 0 unspecified atom stereocenters. The molecule has 108 valence electrons. The molecule has 0 heterocycles. The SMILES string of the molecule is O=[N+]([O-])c1cc([N+](=O)[O-])c(C(F)(F)F)c([N+](=O)[O-])c1Cl. The number of alkyl halides is 3. The third-order valence-electron chi connectivity index (χ3n) is 2.06. The van der Waals surface area contributed by atoms with Gasteiger partial charge in [-0.3, -0.25) is 30.3 Å². The standard InChI is InChI=1S/C7HClF3N3O6/c8-5-3(13(17)18)1-2(12(15)16)4(7(9,10)11)6(5)14(19)20/h1H. The number of nitro groups is 3. The molecule has 0 saturated carbocycles. The minimum absolute atomic E-state index is 0.0713. The van der Waals surface area contributed by atoms with Gasteiger partial charge < -0.3 is 0 Å². The van der Waals surface area contributed by atoms with Crippen LogP contribution in [0.15, 0.2) is 6.07 Å². The molecule has 0 amide bonds. The number of nitro benzene ring substituents is 3. The van der Waals surface area contributed by atoms with Crippen LogP contribution >= 0.6 is 11.6 Å². The highest BCUT2D eigenvalue weighted by Gasteiger charge is 2.49. The molecule has 0 N–H and O–H groups in total. The van der Waals surface area contributed by atoms with Crippen molar-refractivity contribution in [3.63, 3.8) is 0 Å². The first kappa shape index (κ1) is 15.6. The van der Waals surface area contributed by atoms with Crippen LogP contribution in [0.3, 0.4) is 0 Å². The summed E-state index contributed by atoms with van der Waals surface area (Å²) in [6.45, 7) is 0. The van der Waals surface area contributed by atoms with Crippen molar-refractivity contribution in [3.8, 4) is 0 Å². The first-order valence-electron chi connectivity index (χ1n) is 4.35. The van der Waals surface area contributed by atoms with Crippen LogP contribution in [0.4, 0.5) is 30.2 Å². The fourth-order valence-electron chi connectivity index (χ4n) is 1.35. The molecule has 0 aliphatic carbocycles. The van der Waals surface area contributed by atoms with Crippen LogP contribution in [-0.2, 0) is 6.18 Å². The molecule has 0 spiro atoms. The quantitative estimate of drug-likeness (QED) is 0.622. The highest BCUT2D eigenvalue weighted by atomic mass is 35.5. The number of hydrogen-bond donors (Lipinski definition) is 0. The molecule has 0 atom stereocenters. The fourth-order valence-corrected chi connectivity index (χ4v) is 1.63. The number of benzene rings is 1. The molecule has 0 aliphatic rings. The predicted octanol–water partition coefficient (Wildman–Crippen LogP) is 3.08. The second-order valence-electron chi connectivity index (χ2n) is 3.22. The van der Waals surface area contributed by atoms with Gasteiger partial charge in [-0.1, -0.05) is 11.6 Å². The maximum absolute atomic E-state index is 12.7. The molecule has 0 bridgehead atoms. The summed E-state index contributed by atoms with van der Waals surface area (Å²) in [6, 6.07) is -0.0713. The van der Waals surface area contributed by atoms with Gasteiger partial charge in [0.2, 0.25) is 5.56 Å². The summed E-state index contributed by atoms with van der Waals surface area (Å²) in [5.74, 6) is 0. The molecular formula is C7HClF3N3O6. The Morgan fingerprint density at radius 3 is 1.70 bits per heavy atom. The Labute approximate surface area is 111 Å². The molecule has 9 nitrogen and oxygen atoms in total. The zero-order valence-electron chi connectivity index (χ0n) is 8.88. The van der Waals surface area contributed by atoms with E-state index >= 15 is 0 Å². The molecule has 0 radical (unpaired) electrons. The van der Waals surface area contributed by atoms with Crippen LogP contribution in [0, 0.1) is 30.3 Å². The maximum Gasteiger partial charge on any atom is 0.429 e. The van der Waals surface area contributed by atoms with E-state index in [1.54, 1.807) is 0 Å². The molecule has 0 saturated heterocycles. The zero-order valence-corrected chi connectivity index (χ0v) is 9.64. The van der Waals surface area contributed by atoms with Gasteiger partial charge >= 0.3 is 17.6 Å². The Hall–Kier alpha value is -2.50. The first-order chi connectivity index (χ1) is 8.98. The topological polar surface area (TPSA) is 129 Å². The highest BCUT2D eigenvalue weighted by Crippen LogP contribution is 2.48. The largest absolute Gasteiger partial charge is 0.429 e. The van der Waals surface area contributed by atoms with Crippen molar-refractivity contribution in [2.75, 3.05) is 0 Å². The molecule has 0 aromatic heterocycles. The molecular weight excluding hydrogens is 315 g/mol. The third-order valence-corrected chi connectivity index (χ3v) is 2.43. The molecule has 13 heteroatoms. The van der Waals surface area contributed by atoms with E-state index in [1.807, 2.05) is 0 Å². The van der Waals surface area contributed by atoms with Gasteiger partial charge in [-0.2, -0.15) is 13.2 Å². The van der Waals surface area contributed by atoms with Gasteiger partial charge in [0, 0.05) is 0 Å². The smallest absolute Gasteiger partial charge is 0.258 e. The van der Waals surface area contributed by atoms with Crippen molar-refractivity contribution < 1.29 is 27.9 Å². The van der Waals surface area contributed by atoms with Gasteiger partial charge in [0.15, 0.2) is 5.02 Å². The van der Waals surface area contributed by atoms with E-state index in [9.17, 15) is 43.5 Å². The average Bonchev–Trinajstić information content (AvgIpc) is 2.25. The van der Waals surface area contributed by atoms with Gasteiger partial charge in [-0.15, -0.1) is 0 Å². The molecule has 1 aromatic rings. The summed E-state index contributed by atoms with van der Waals surface area (Å²) in [5.41, 5.74) is -7.36. The van der Waals surface area contributed by atoms with E-state index < -0.39 is 48.6 Å². The second kappa shape index (κ2) is 4.88. The minimum atomic E-state index is -5.48. The number of nitrogens with zero attached hydrogens (tertiary/aromatic N) is 3. The Bertz CT molecular complexity index is 631. The summed E-state index contributed by atoms with van der Waals surface area (Å²) in [5, 5.41) is 30.3. The summed E-state index contributed by atoms with van der Waals surface area (Å²) in [7, 11) is 0. The summed E-state index contributed by atoms with van der Waals surface area (Å²) in [4.78, 5) is 27.1. The number of halogens is 4. The Morgan fingerprint density at radius 2 is 1.40 bits per heavy atom. The molecule has 20 heavy (non-hydrogen) atoms. The summed E-state index contributed by atoms with van der Waals surface area (Å²) in [6.07, 6.45) is -5.48. The molecule has 0 fully saturated rings. The van der Waals surface area contributed by atoms with E-state index in [-0.39, 0.29) is 6.07 Å². The van der Waals surface area contributed by atoms with Gasteiger partial charge in [-0.25, -0.2) is 0 Å². The van der Waals surface area contributed by atoms with Gasteiger partial charge in [0.25, 0.3) is 5.69 Å². The average molecular weight is 316 g/mol. The van der Waals surface area contributed by atoms with E-state index in [4.69, 9.17) is 11.6 Å². The molecule has 1 rings (SSSR count). The molecule has 1 aromatic carbocycles. The number of hydrogen-bond acceptors (Lipinski definition) is 6. The lowest BCUT2D eigenvalue weighted by molar-refractivity contribution is -0.407. The van der Waals surface area contributed by atoms with Crippen molar-refractivity contribution >= 4 is 28.7 Å².